The molecule has 0 saturated heterocycles. The van der Waals surface area contributed by atoms with Gasteiger partial charge in [0.1, 0.15) is 0 Å². The van der Waals surface area contributed by atoms with E-state index in [4.69, 9.17) is 0 Å². The van der Waals surface area contributed by atoms with Crippen LogP contribution in [0.4, 0.5) is 0 Å². The van der Waals surface area contributed by atoms with E-state index in [1.807, 2.05) is 0 Å². The van der Waals surface area contributed by atoms with Crippen molar-refractivity contribution in [3.05, 3.63) is 0 Å². The second-order valence-corrected chi connectivity index (χ2v) is 6.27. The minimum atomic E-state index is 0.688. The lowest BCUT2D eigenvalue weighted by molar-refractivity contribution is 0.267. The summed E-state index contributed by atoms with van der Waals surface area (Å²) in [5.74, 6) is 0.852. The molecule has 0 spiro atoms. The first-order valence-corrected chi connectivity index (χ1v) is 7.95. The van der Waals surface area contributed by atoms with E-state index in [9.17, 15) is 0 Å². The van der Waals surface area contributed by atoms with Crippen molar-refractivity contribution in [2.45, 2.75) is 72.3 Å². The van der Waals surface area contributed by atoms with Crippen LogP contribution in [0.2, 0.25) is 0 Å². The minimum absolute atomic E-state index is 0.688. The van der Waals surface area contributed by atoms with Crippen LogP contribution in [0.1, 0.15) is 66.2 Å². The molecule has 0 aromatic carbocycles. The molecule has 1 N–H and O–H groups in total. The van der Waals surface area contributed by atoms with Gasteiger partial charge in [0, 0.05) is 6.04 Å². The Morgan fingerprint density at radius 3 is 2.06 bits per heavy atom. The van der Waals surface area contributed by atoms with Crippen molar-refractivity contribution in [3.8, 4) is 0 Å². The zero-order valence-electron chi connectivity index (χ0n) is 13.5. The number of hydrogen-bond acceptors (Lipinski definition) is 2. The molecule has 0 heterocycles. The summed E-state index contributed by atoms with van der Waals surface area (Å²) in [5, 5.41) is 3.55. The van der Waals surface area contributed by atoms with Gasteiger partial charge in [-0.2, -0.15) is 0 Å². The lowest BCUT2D eigenvalue weighted by Gasteiger charge is -2.20. The highest BCUT2D eigenvalue weighted by molar-refractivity contribution is 4.57. The monoisotopic (exact) mass is 256 g/mol. The third kappa shape index (κ3) is 12.4. The molecule has 0 unspecified atom stereocenters. The maximum atomic E-state index is 3.55. The van der Waals surface area contributed by atoms with Crippen LogP contribution in [0, 0.1) is 5.92 Å². The summed E-state index contributed by atoms with van der Waals surface area (Å²) in [6.07, 6.45) is 8.13. The predicted octanol–water partition coefficient (Wildman–Crippen LogP) is 3.91. The Hall–Kier alpha value is -0.0800. The highest BCUT2D eigenvalue weighted by Gasteiger charge is 2.01. The molecule has 0 radical (unpaired) electrons. The standard InChI is InChI=1S/C16H36N2/c1-15(2)11-10-13-17-12-8-6-7-9-14-18(5)16(3)4/h15-17H,6-14H2,1-5H3. The lowest BCUT2D eigenvalue weighted by atomic mass is 10.1. The average molecular weight is 256 g/mol. The second kappa shape index (κ2) is 12.0. The molecule has 0 rings (SSSR count). The topological polar surface area (TPSA) is 15.3 Å². The maximum Gasteiger partial charge on any atom is 0.00355 e. The molecule has 0 bridgehead atoms. The van der Waals surface area contributed by atoms with Gasteiger partial charge in [0.05, 0.1) is 0 Å². The zero-order chi connectivity index (χ0) is 13.8. The molecule has 2 nitrogen and oxygen atoms in total. The summed E-state index contributed by atoms with van der Waals surface area (Å²) in [6.45, 7) is 12.8. The number of hydrogen-bond donors (Lipinski definition) is 1. The van der Waals surface area contributed by atoms with Crippen LogP contribution in [0.25, 0.3) is 0 Å². The molecule has 0 aromatic rings. The maximum absolute atomic E-state index is 3.55. The molecule has 0 saturated carbocycles. The van der Waals surface area contributed by atoms with E-state index >= 15 is 0 Å². The Morgan fingerprint density at radius 2 is 1.44 bits per heavy atom. The van der Waals surface area contributed by atoms with Gasteiger partial charge < -0.3 is 10.2 Å². The second-order valence-electron chi connectivity index (χ2n) is 6.27. The number of rotatable bonds is 12. The Labute approximate surface area is 116 Å². The Kier molecular flexibility index (Phi) is 11.9. The number of nitrogens with one attached hydrogen (secondary N) is 1. The molecule has 0 atom stereocenters. The zero-order valence-corrected chi connectivity index (χ0v) is 13.5. The predicted molar refractivity (Wildman–Crippen MR) is 83.2 cm³/mol. The van der Waals surface area contributed by atoms with Crippen LogP contribution in [-0.2, 0) is 0 Å². The lowest BCUT2D eigenvalue weighted by Crippen LogP contribution is -2.27. The van der Waals surface area contributed by atoms with E-state index in [1.54, 1.807) is 0 Å². The first kappa shape index (κ1) is 17.9. The molecule has 0 aliphatic heterocycles. The molecule has 0 aromatic heterocycles. The summed E-state index contributed by atoms with van der Waals surface area (Å²) in [5.41, 5.74) is 0. The SMILES string of the molecule is CC(C)CCCNCCCCCCN(C)C(C)C. The largest absolute Gasteiger partial charge is 0.317 e. The summed E-state index contributed by atoms with van der Waals surface area (Å²) in [6, 6.07) is 0.688. The van der Waals surface area contributed by atoms with Crippen molar-refractivity contribution in [2.75, 3.05) is 26.7 Å². The van der Waals surface area contributed by atoms with Gasteiger partial charge in [-0.1, -0.05) is 26.7 Å². The van der Waals surface area contributed by atoms with Crippen LogP contribution >= 0.6 is 0 Å². The number of nitrogens with zero attached hydrogens (tertiary/aromatic N) is 1. The van der Waals surface area contributed by atoms with Gasteiger partial charge in [0.25, 0.3) is 0 Å². The Bertz CT molecular complexity index is 166. The van der Waals surface area contributed by atoms with Crippen molar-refractivity contribution in [3.63, 3.8) is 0 Å². The van der Waals surface area contributed by atoms with Gasteiger partial charge in [-0.25, -0.2) is 0 Å². The van der Waals surface area contributed by atoms with E-state index in [-0.39, 0.29) is 0 Å². The fourth-order valence-corrected chi connectivity index (χ4v) is 1.98. The normalized spacial score (nSPS) is 12.0. The van der Waals surface area contributed by atoms with Gasteiger partial charge in [-0.3, -0.25) is 0 Å². The third-order valence-electron chi connectivity index (χ3n) is 3.63. The smallest absolute Gasteiger partial charge is 0.00355 e. The van der Waals surface area contributed by atoms with Crippen LogP contribution in [0.3, 0.4) is 0 Å². The van der Waals surface area contributed by atoms with Gasteiger partial charge in [-0.05, 0) is 72.1 Å². The van der Waals surface area contributed by atoms with Gasteiger partial charge in [0.15, 0.2) is 0 Å². The van der Waals surface area contributed by atoms with E-state index < -0.39 is 0 Å². The van der Waals surface area contributed by atoms with Crippen LogP contribution in [0.5, 0.6) is 0 Å². The molecule has 18 heavy (non-hydrogen) atoms. The molecule has 0 amide bonds. The van der Waals surface area contributed by atoms with Gasteiger partial charge >= 0.3 is 0 Å². The van der Waals surface area contributed by atoms with Crippen LogP contribution in [-0.4, -0.2) is 37.6 Å². The summed E-state index contributed by atoms with van der Waals surface area (Å²) in [7, 11) is 2.22. The average Bonchev–Trinajstić information content (AvgIpc) is 2.30. The van der Waals surface area contributed by atoms with Gasteiger partial charge in [0.2, 0.25) is 0 Å². The van der Waals surface area contributed by atoms with Crippen molar-refractivity contribution in [2.24, 2.45) is 5.92 Å². The Balaban J connectivity index is 3.08. The molecule has 110 valence electrons. The van der Waals surface area contributed by atoms with E-state index in [0.717, 1.165) is 5.92 Å². The first-order valence-electron chi connectivity index (χ1n) is 7.95. The van der Waals surface area contributed by atoms with E-state index in [2.05, 4.69) is 45.0 Å². The van der Waals surface area contributed by atoms with Crippen LogP contribution < -0.4 is 5.32 Å². The van der Waals surface area contributed by atoms with Crippen molar-refractivity contribution < 1.29 is 0 Å². The molecule has 2 heteroatoms. The molecule has 0 aliphatic carbocycles. The van der Waals surface area contributed by atoms with Crippen LogP contribution in [0.15, 0.2) is 0 Å². The molecule has 0 aliphatic rings. The molecular formula is C16H36N2. The van der Waals surface area contributed by atoms with E-state index in [1.165, 1.54) is 58.2 Å². The van der Waals surface area contributed by atoms with Gasteiger partial charge in [-0.15, -0.1) is 0 Å². The van der Waals surface area contributed by atoms with E-state index in [0.29, 0.717) is 6.04 Å². The minimum Gasteiger partial charge on any atom is -0.317 e. The summed E-state index contributed by atoms with van der Waals surface area (Å²) in [4.78, 5) is 2.43. The Morgan fingerprint density at radius 1 is 0.833 bits per heavy atom. The molecule has 0 fully saturated rings. The fourth-order valence-electron chi connectivity index (χ4n) is 1.98. The highest BCUT2D eigenvalue weighted by atomic mass is 15.1. The third-order valence-corrected chi connectivity index (χ3v) is 3.63. The summed E-state index contributed by atoms with van der Waals surface area (Å²) >= 11 is 0. The highest BCUT2D eigenvalue weighted by Crippen LogP contribution is 2.03. The first-order chi connectivity index (χ1) is 8.54. The van der Waals surface area contributed by atoms with Crippen molar-refractivity contribution in [1.29, 1.82) is 0 Å². The van der Waals surface area contributed by atoms with Crippen molar-refractivity contribution in [1.82, 2.24) is 10.2 Å². The molecular weight excluding hydrogens is 220 g/mol. The fraction of sp³-hybridized carbons (Fsp3) is 1.00. The summed E-state index contributed by atoms with van der Waals surface area (Å²) < 4.78 is 0. The quantitative estimate of drug-likeness (QED) is 0.533. The number of unbranched alkanes of at least 4 members (excludes halogenated alkanes) is 3. The van der Waals surface area contributed by atoms with Crippen molar-refractivity contribution >= 4 is 0 Å².